The van der Waals surface area contributed by atoms with Gasteiger partial charge in [0.1, 0.15) is 12.4 Å². The van der Waals surface area contributed by atoms with Crippen LogP contribution in [0.15, 0.2) is 47.4 Å². The summed E-state index contributed by atoms with van der Waals surface area (Å²) in [5.74, 6) is 1.16. The highest BCUT2D eigenvalue weighted by Gasteiger charge is 2.13. The fraction of sp³-hybridized carbons (Fsp3) is 0.368. The van der Waals surface area contributed by atoms with Crippen molar-refractivity contribution in [3.05, 3.63) is 59.2 Å². The van der Waals surface area contributed by atoms with Gasteiger partial charge in [-0.1, -0.05) is 38.1 Å². The average Bonchev–Trinajstić information content (AvgIpc) is 2.54. The topological polar surface area (TPSA) is 55.4 Å². The number of sulfonamides is 1. The van der Waals surface area contributed by atoms with Gasteiger partial charge in [0.15, 0.2) is 0 Å². The molecule has 0 aromatic heterocycles. The Kier molecular flexibility index (Phi) is 6.02. The van der Waals surface area contributed by atoms with Crippen molar-refractivity contribution >= 4 is 10.0 Å². The quantitative estimate of drug-likeness (QED) is 0.776. The minimum atomic E-state index is -3.51. The molecule has 0 unspecified atom stereocenters. The standard InChI is InChI=1S/C19H25NO3S/c1-14(2)17-7-9-18(10-8-17)24(21,22)20-11-12-23-19-13-15(3)5-6-16(19)4/h5-10,13-14,20H,11-12H2,1-4H3. The molecule has 0 fully saturated rings. The smallest absolute Gasteiger partial charge is 0.240 e. The van der Waals surface area contributed by atoms with Crippen LogP contribution in [0.1, 0.15) is 36.5 Å². The predicted octanol–water partition coefficient (Wildman–Crippen LogP) is 3.78. The van der Waals surface area contributed by atoms with Crippen molar-refractivity contribution in [2.24, 2.45) is 0 Å². The molecule has 0 aliphatic carbocycles. The maximum atomic E-state index is 12.3. The van der Waals surface area contributed by atoms with Crippen LogP contribution < -0.4 is 9.46 Å². The van der Waals surface area contributed by atoms with Crippen LogP contribution in [-0.4, -0.2) is 21.6 Å². The molecule has 0 bridgehead atoms. The molecule has 0 spiro atoms. The van der Waals surface area contributed by atoms with Gasteiger partial charge < -0.3 is 4.74 Å². The lowest BCUT2D eigenvalue weighted by atomic mass is 10.0. The Morgan fingerprint density at radius 2 is 1.71 bits per heavy atom. The zero-order chi connectivity index (χ0) is 17.7. The van der Waals surface area contributed by atoms with E-state index >= 15 is 0 Å². The van der Waals surface area contributed by atoms with E-state index in [4.69, 9.17) is 4.74 Å². The van der Waals surface area contributed by atoms with Gasteiger partial charge in [0.2, 0.25) is 10.0 Å². The van der Waals surface area contributed by atoms with Crippen molar-refractivity contribution in [2.75, 3.05) is 13.2 Å². The highest BCUT2D eigenvalue weighted by molar-refractivity contribution is 7.89. The van der Waals surface area contributed by atoms with Crippen LogP contribution in [0.25, 0.3) is 0 Å². The Morgan fingerprint density at radius 3 is 2.33 bits per heavy atom. The van der Waals surface area contributed by atoms with Crippen molar-refractivity contribution in [1.29, 1.82) is 0 Å². The molecule has 0 aliphatic heterocycles. The van der Waals surface area contributed by atoms with Gasteiger partial charge in [0, 0.05) is 6.54 Å². The van der Waals surface area contributed by atoms with Gasteiger partial charge in [-0.25, -0.2) is 13.1 Å². The SMILES string of the molecule is Cc1ccc(C)c(OCCNS(=O)(=O)c2ccc(C(C)C)cc2)c1. The maximum Gasteiger partial charge on any atom is 0.240 e. The van der Waals surface area contributed by atoms with Gasteiger partial charge in [-0.2, -0.15) is 0 Å². The molecule has 0 aliphatic rings. The Balaban J connectivity index is 1.92. The van der Waals surface area contributed by atoms with Crippen LogP contribution in [0, 0.1) is 13.8 Å². The van der Waals surface area contributed by atoms with E-state index in [1.54, 1.807) is 12.1 Å². The van der Waals surface area contributed by atoms with Crippen molar-refractivity contribution < 1.29 is 13.2 Å². The van der Waals surface area contributed by atoms with Crippen LogP contribution in [-0.2, 0) is 10.0 Å². The summed E-state index contributed by atoms with van der Waals surface area (Å²) in [5.41, 5.74) is 3.27. The third-order valence-electron chi connectivity index (χ3n) is 3.85. The molecule has 2 aromatic carbocycles. The second-order valence-corrected chi connectivity index (χ2v) is 8.01. The fourth-order valence-corrected chi connectivity index (χ4v) is 3.33. The lowest BCUT2D eigenvalue weighted by molar-refractivity contribution is 0.320. The number of rotatable bonds is 7. The Labute approximate surface area is 144 Å². The zero-order valence-corrected chi connectivity index (χ0v) is 15.5. The maximum absolute atomic E-state index is 12.3. The molecule has 2 aromatic rings. The molecule has 130 valence electrons. The molecule has 0 atom stereocenters. The van der Waals surface area contributed by atoms with Crippen molar-refractivity contribution in [2.45, 2.75) is 38.5 Å². The van der Waals surface area contributed by atoms with Gasteiger partial charge in [0.25, 0.3) is 0 Å². The normalized spacial score (nSPS) is 11.7. The summed E-state index contributed by atoms with van der Waals surface area (Å²) >= 11 is 0. The predicted molar refractivity (Wildman–Crippen MR) is 97.1 cm³/mol. The van der Waals surface area contributed by atoms with Gasteiger partial charge in [0.05, 0.1) is 4.90 Å². The highest BCUT2D eigenvalue weighted by Crippen LogP contribution is 2.19. The third kappa shape index (κ3) is 4.82. The van der Waals surface area contributed by atoms with Crippen molar-refractivity contribution in [3.63, 3.8) is 0 Å². The van der Waals surface area contributed by atoms with Crippen LogP contribution >= 0.6 is 0 Å². The first kappa shape index (κ1) is 18.5. The summed E-state index contributed by atoms with van der Waals surface area (Å²) in [6, 6.07) is 13.0. The molecule has 0 saturated carbocycles. The van der Waals surface area contributed by atoms with Gasteiger partial charge in [-0.05, 0) is 54.7 Å². The number of hydrogen-bond donors (Lipinski definition) is 1. The molecule has 5 heteroatoms. The summed E-state index contributed by atoms with van der Waals surface area (Å²) in [6.07, 6.45) is 0. The van der Waals surface area contributed by atoms with Crippen molar-refractivity contribution in [3.8, 4) is 5.75 Å². The Bertz CT molecular complexity index is 781. The summed E-state index contributed by atoms with van der Waals surface area (Å²) in [4.78, 5) is 0.277. The molecule has 4 nitrogen and oxygen atoms in total. The highest BCUT2D eigenvalue weighted by atomic mass is 32.2. The lowest BCUT2D eigenvalue weighted by Gasteiger charge is -2.11. The van der Waals surface area contributed by atoms with Crippen molar-refractivity contribution in [1.82, 2.24) is 4.72 Å². The van der Waals surface area contributed by atoms with Crippen LogP contribution in [0.2, 0.25) is 0 Å². The molecule has 0 amide bonds. The molecule has 0 radical (unpaired) electrons. The minimum absolute atomic E-state index is 0.224. The van der Waals surface area contributed by atoms with E-state index < -0.39 is 10.0 Å². The lowest BCUT2D eigenvalue weighted by Crippen LogP contribution is -2.28. The van der Waals surface area contributed by atoms with Gasteiger partial charge >= 0.3 is 0 Å². The first-order chi connectivity index (χ1) is 11.3. The van der Waals surface area contributed by atoms with Crippen LogP contribution in [0.5, 0.6) is 5.75 Å². The Hall–Kier alpha value is -1.85. The number of benzene rings is 2. The summed E-state index contributed by atoms with van der Waals surface area (Å²) in [5, 5.41) is 0. The second kappa shape index (κ2) is 7.81. The summed E-state index contributed by atoms with van der Waals surface area (Å²) < 4.78 is 32.8. The number of nitrogens with one attached hydrogen (secondary N) is 1. The third-order valence-corrected chi connectivity index (χ3v) is 5.33. The van der Waals surface area contributed by atoms with Crippen LogP contribution in [0.4, 0.5) is 0 Å². The molecule has 0 heterocycles. The summed E-state index contributed by atoms with van der Waals surface area (Å²) in [7, 11) is -3.51. The monoisotopic (exact) mass is 347 g/mol. The van der Waals surface area contributed by atoms with E-state index in [2.05, 4.69) is 18.6 Å². The van der Waals surface area contributed by atoms with E-state index in [1.807, 2.05) is 44.2 Å². The average molecular weight is 347 g/mol. The first-order valence-electron chi connectivity index (χ1n) is 8.09. The van der Waals surface area contributed by atoms with E-state index in [0.29, 0.717) is 5.92 Å². The largest absolute Gasteiger partial charge is 0.492 e. The fourth-order valence-electron chi connectivity index (χ4n) is 2.32. The van der Waals surface area contributed by atoms with E-state index in [-0.39, 0.29) is 18.0 Å². The number of ether oxygens (including phenoxy) is 1. The minimum Gasteiger partial charge on any atom is -0.492 e. The summed E-state index contributed by atoms with van der Waals surface area (Å²) in [6.45, 7) is 8.62. The first-order valence-corrected chi connectivity index (χ1v) is 9.57. The van der Waals surface area contributed by atoms with E-state index in [0.717, 1.165) is 22.4 Å². The Morgan fingerprint density at radius 1 is 1.04 bits per heavy atom. The number of aryl methyl sites for hydroxylation is 2. The van der Waals surface area contributed by atoms with E-state index in [9.17, 15) is 8.42 Å². The van der Waals surface area contributed by atoms with Crippen LogP contribution in [0.3, 0.4) is 0 Å². The van der Waals surface area contributed by atoms with Gasteiger partial charge in [-0.15, -0.1) is 0 Å². The van der Waals surface area contributed by atoms with Gasteiger partial charge in [-0.3, -0.25) is 0 Å². The zero-order valence-electron chi connectivity index (χ0n) is 14.7. The molecule has 0 saturated heterocycles. The molecule has 2 rings (SSSR count). The molecular formula is C19H25NO3S. The molecule has 24 heavy (non-hydrogen) atoms. The molecular weight excluding hydrogens is 322 g/mol. The number of hydrogen-bond acceptors (Lipinski definition) is 3. The van der Waals surface area contributed by atoms with E-state index in [1.165, 1.54) is 0 Å². The second-order valence-electron chi connectivity index (χ2n) is 6.24. The molecule has 1 N–H and O–H groups in total.